The number of primary amides is 1. The summed E-state index contributed by atoms with van der Waals surface area (Å²) in [5.41, 5.74) is 7.77. The first-order valence-corrected chi connectivity index (χ1v) is 4.90. The standard InChI is InChI=1S/C11H16N2O/c1-3-4-5-9-6-8(2)13-7-10(9)11(12)14/h6-7H,3-5H2,1-2H3,(H2,12,14). The molecule has 1 aromatic rings. The van der Waals surface area contributed by atoms with Crippen LogP contribution in [0, 0.1) is 6.92 Å². The maximum atomic E-state index is 11.1. The van der Waals surface area contributed by atoms with Crippen LogP contribution in [0.25, 0.3) is 0 Å². The summed E-state index contributed by atoms with van der Waals surface area (Å²) >= 11 is 0. The Hall–Kier alpha value is -1.38. The quantitative estimate of drug-likeness (QED) is 0.791. The van der Waals surface area contributed by atoms with Gasteiger partial charge in [0, 0.05) is 11.9 Å². The van der Waals surface area contributed by atoms with Crippen LogP contribution in [-0.2, 0) is 6.42 Å². The van der Waals surface area contributed by atoms with E-state index in [1.54, 1.807) is 6.20 Å². The molecule has 3 heteroatoms. The number of carbonyl (C=O) groups is 1. The van der Waals surface area contributed by atoms with Gasteiger partial charge in [0.2, 0.25) is 0 Å². The zero-order chi connectivity index (χ0) is 10.6. The molecule has 0 bridgehead atoms. The minimum atomic E-state index is -0.386. The van der Waals surface area contributed by atoms with E-state index in [0.29, 0.717) is 5.56 Å². The highest BCUT2D eigenvalue weighted by molar-refractivity contribution is 5.94. The fourth-order valence-electron chi connectivity index (χ4n) is 1.41. The molecule has 0 atom stereocenters. The minimum Gasteiger partial charge on any atom is -0.366 e. The van der Waals surface area contributed by atoms with Gasteiger partial charge in [0.1, 0.15) is 0 Å². The third-order valence-electron chi connectivity index (χ3n) is 2.19. The Labute approximate surface area is 84.3 Å². The predicted octanol–water partition coefficient (Wildman–Crippen LogP) is 1.83. The number of carbonyl (C=O) groups excluding carboxylic acids is 1. The Morgan fingerprint density at radius 1 is 1.57 bits per heavy atom. The van der Waals surface area contributed by atoms with Gasteiger partial charge in [-0.1, -0.05) is 13.3 Å². The lowest BCUT2D eigenvalue weighted by Gasteiger charge is -2.06. The van der Waals surface area contributed by atoms with Crippen LogP contribution in [0.15, 0.2) is 12.3 Å². The van der Waals surface area contributed by atoms with Crippen molar-refractivity contribution in [3.63, 3.8) is 0 Å². The molecule has 2 N–H and O–H groups in total. The summed E-state index contributed by atoms with van der Waals surface area (Å²) in [6, 6.07) is 1.94. The highest BCUT2D eigenvalue weighted by Gasteiger charge is 2.08. The molecule has 0 radical (unpaired) electrons. The maximum absolute atomic E-state index is 11.1. The van der Waals surface area contributed by atoms with E-state index >= 15 is 0 Å². The van der Waals surface area contributed by atoms with Gasteiger partial charge in [-0.05, 0) is 31.4 Å². The van der Waals surface area contributed by atoms with Crippen LogP contribution in [0.3, 0.4) is 0 Å². The Kier molecular flexibility index (Phi) is 3.63. The summed E-state index contributed by atoms with van der Waals surface area (Å²) in [7, 11) is 0. The number of nitrogens with two attached hydrogens (primary N) is 1. The zero-order valence-electron chi connectivity index (χ0n) is 8.71. The molecule has 0 aromatic carbocycles. The number of hydrogen-bond acceptors (Lipinski definition) is 2. The Bertz CT molecular complexity index is 334. The van der Waals surface area contributed by atoms with Gasteiger partial charge in [-0.25, -0.2) is 0 Å². The number of amides is 1. The van der Waals surface area contributed by atoms with E-state index < -0.39 is 0 Å². The van der Waals surface area contributed by atoms with E-state index in [2.05, 4.69) is 11.9 Å². The molecule has 1 amide bonds. The van der Waals surface area contributed by atoms with Crippen LogP contribution in [0.1, 0.15) is 41.4 Å². The van der Waals surface area contributed by atoms with E-state index in [9.17, 15) is 4.79 Å². The third kappa shape index (κ3) is 2.55. The summed E-state index contributed by atoms with van der Waals surface area (Å²) in [5, 5.41) is 0. The van der Waals surface area contributed by atoms with Crippen molar-refractivity contribution in [2.24, 2.45) is 5.73 Å². The molecule has 0 aliphatic carbocycles. The molecule has 0 aliphatic heterocycles. The number of rotatable bonds is 4. The van der Waals surface area contributed by atoms with Crippen molar-refractivity contribution in [1.29, 1.82) is 0 Å². The largest absolute Gasteiger partial charge is 0.366 e. The number of nitrogens with zero attached hydrogens (tertiary/aromatic N) is 1. The number of aromatic nitrogens is 1. The van der Waals surface area contributed by atoms with Gasteiger partial charge in [0.25, 0.3) is 5.91 Å². The van der Waals surface area contributed by atoms with Gasteiger partial charge in [0.15, 0.2) is 0 Å². The predicted molar refractivity (Wildman–Crippen MR) is 56.1 cm³/mol. The van der Waals surface area contributed by atoms with E-state index in [0.717, 1.165) is 30.5 Å². The van der Waals surface area contributed by atoms with Gasteiger partial charge >= 0.3 is 0 Å². The lowest BCUT2D eigenvalue weighted by Crippen LogP contribution is -2.14. The fraction of sp³-hybridized carbons (Fsp3) is 0.455. The van der Waals surface area contributed by atoms with Crippen LogP contribution >= 0.6 is 0 Å². The van der Waals surface area contributed by atoms with Gasteiger partial charge in [-0.15, -0.1) is 0 Å². The summed E-state index contributed by atoms with van der Waals surface area (Å²) in [5.74, 6) is -0.386. The Morgan fingerprint density at radius 2 is 2.29 bits per heavy atom. The van der Waals surface area contributed by atoms with Crippen molar-refractivity contribution in [3.8, 4) is 0 Å². The first kappa shape index (κ1) is 10.7. The molecule has 0 saturated carbocycles. The molecular formula is C11H16N2O. The fourth-order valence-corrected chi connectivity index (χ4v) is 1.41. The SMILES string of the molecule is CCCCc1cc(C)ncc1C(N)=O. The Balaban J connectivity index is 2.97. The summed E-state index contributed by atoms with van der Waals surface area (Å²) in [6.07, 6.45) is 4.66. The van der Waals surface area contributed by atoms with Crippen LogP contribution < -0.4 is 5.73 Å². The van der Waals surface area contributed by atoms with E-state index in [-0.39, 0.29) is 5.91 Å². The van der Waals surface area contributed by atoms with Gasteiger partial charge in [-0.3, -0.25) is 9.78 Å². The second-order valence-corrected chi connectivity index (χ2v) is 3.45. The van der Waals surface area contributed by atoms with E-state index in [1.165, 1.54) is 0 Å². The average Bonchev–Trinajstić information content (AvgIpc) is 2.14. The molecule has 1 rings (SSSR count). The summed E-state index contributed by atoms with van der Waals surface area (Å²) in [4.78, 5) is 15.1. The molecule has 0 aliphatic rings. The third-order valence-corrected chi connectivity index (χ3v) is 2.19. The lowest BCUT2D eigenvalue weighted by molar-refractivity contribution is 0.0999. The molecular weight excluding hydrogens is 176 g/mol. The van der Waals surface area contributed by atoms with Crippen molar-refractivity contribution < 1.29 is 4.79 Å². The van der Waals surface area contributed by atoms with Crippen LogP contribution in [0.4, 0.5) is 0 Å². The monoisotopic (exact) mass is 192 g/mol. The molecule has 0 fully saturated rings. The van der Waals surface area contributed by atoms with Crippen LogP contribution in [0.2, 0.25) is 0 Å². The van der Waals surface area contributed by atoms with Crippen molar-refractivity contribution >= 4 is 5.91 Å². The Morgan fingerprint density at radius 3 is 2.86 bits per heavy atom. The molecule has 14 heavy (non-hydrogen) atoms. The first-order valence-electron chi connectivity index (χ1n) is 4.90. The minimum absolute atomic E-state index is 0.386. The average molecular weight is 192 g/mol. The van der Waals surface area contributed by atoms with Crippen molar-refractivity contribution in [3.05, 3.63) is 29.1 Å². The number of hydrogen-bond donors (Lipinski definition) is 1. The van der Waals surface area contributed by atoms with Crippen molar-refractivity contribution in [1.82, 2.24) is 4.98 Å². The van der Waals surface area contributed by atoms with Crippen molar-refractivity contribution in [2.45, 2.75) is 33.1 Å². The second-order valence-electron chi connectivity index (χ2n) is 3.45. The van der Waals surface area contributed by atoms with E-state index in [1.807, 2.05) is 13.0 Å². The van der Waals surface area contributed by atoms with Gasteiger partial charge < -0.3 is 5.73 Å². The molecule has 0 unspecified atom stereocenters. The molecule has 0 spiro atoms. The molecule has 76 valence electrons. The van der Waals surface area contributed by atoms with Crippen LogP contribution in [-0.4, -0.2) is 10.9 Å². The van der Waals surface area contributed by atoms with Crippen LogP contribution in [0.5, 0.6) is 0 Å². The topological polar surface area (TPSA) is 56.0 Å². The molecule has 3 nitrogen and oxygen atoms in total. The summed E-state index contributed by atoms with van der Waals surface area (Å²) < 4.78 is 0. The highest BCUT2D eigenvalue weighted by atomic mass is 16.1. The van der Waals surface area contributed by atoms with Gasteiger partial charge in [0.05, 0.1) is 5.56 Å². The number of pyridine rings is 1. The first-order chi connectivity index (χ1) is 6.65. The van der Waals surface area contributed by atoms with E-state index in [4.69, 9.17) is 5.73 Å². The maximum Gasteiger partial charge on any atom is 0.250 e. The smallest absolute Gasteiger partial charge is 0.250 e. The molecule has 1 aromatic heterocycles. The normalized spacial score (nSPS) is 10.1. The molecule has 1 heterocycles. The zero-order valence-corrected chi connectivity index (χ0v) is 8.71. The summed E-state index contributed by atoms with van der Waals surface area (Å²) in [6.45, 7) is 4.04. The molecule has 0 saturated heterocycles. The number of unbranched alkanes of at least 4 members (excludes halogenated alkanes) is 1. The number of aryl methyl sites for hydroxylation is 2. The second kappa shape index (κ2) is 4.74. The van der Waals surface area contributed by atoms with Crippen molar-refractivity contribution in [2.75, 3.05) is 0 Å². The van der Waals surface area contributed by atoms with Gasteiger partial charge in [-0.2, -0.15) is 0 Å². The lowest BCUT2D eigenvalue weighted by atomic mass is 10.0. The highest BCUT2D eigenvalue weighted by Crippen LogP contribution is 2.12.